The molecule has 21 heavy (non-hydrogen) atoms. The van der Waals surface area contributed by atoms with Crippen LogP contribution in [0.5, 0.6) is 0 Å². The lowest BCUT2D eigenvalue weighted by Crippen LogP contribution is -2.34. The summed E-state index contributed by atoms with van der Waals surface area (Å²) < 4.78 is 0.731. The molecule has 0 spiro atoms. The third kappa shape index (κ3) is 4.26. The lowest BCUT2D eigenvalue weighted by Gasteiger charge is -2.27. The van der Waals surface area contributed by atoms with Crippen LogP contribution in [0.1, 0.15) is 37.8 Å². The SMILES string of the molecule is CC(C)Cc1nc(C2CN(C)CCCN2C)[nH]c(=O)c1I. The lowest BCUT2D eigenvalue weighted by atomic mass is 10.1. The van der Waals surface area contributed by atoms with Gasteiger partial charge in [-0.05, 0) is 68.5 Å². The third-order valence-corrected chi connectivity index (χ3v) is 5.05. The van der Waals surface area contributed by atoms with E-state index in [1.54, 1.807) is 0 Å². The maximum absolute atomic E-state index is 12.2. The van der Waals surface area contributed by atoms with Crippen molar-refractivity contribution in [3.8, 4) is 0 Å². The van der Waals surface area contributed by atoms with Gasteiger partial charge in [0.2, 0.25) is 0 Å². The summed E-state index contributed by atoms with van der Waals surface area (Å²) in [7, 11) is 4.25. The zero-order valence-corrected chi connectivity index (χ0v) is 15.5. The van der Waals surface area contributed by atoms with Gasteiger partial charge in [-0.2, -0.15) is 0 Å². The molecule has 5 nitrogen and oxygen atoms in total. The van der Waals surface area contributed by atoms with Gasteiger partial charge in [0.05, 0.1) is 15.3 Å². The van der Waals surface area contributed by atoms with E-state index in [0.29, 0.717) is 5.92 Å². The van der Waals surface area contributed by atoms with E-state index in [0.717, 1.165) is 47.6 Å². The number of aromatic nitrogens is 2. The Morgan fingerprint density at radius 2 is 2.10 bits per heavy atom. The summed E-state index contributed by atoms with van der Waals surface area (Å²) in [6, 6.07) is 0.160. The van der Waals surface area contributed by atoms with Gasteiger partial charge in [0, 0.05) is 6.54 Å². The molecule has 0 aliphatic carbocycles. The highest BCUT2D eigenvalue weighted by Crippen LogP contribution is 2.21. The van der Waals surface area contributed by atoms with Crippen molar-refractivity contribution in [2.24, 2.45) is 5.92 Å². The number of H-pyrrole nitrogens is 1. The Morgan fingerprint density at radius 3 is 2.76 bits per heavy atom. The quantitative estimate of drug-likeness (QED) is 0.782. The maximum atomic E-state index is 12.2. The molecule has 6 heteroatoms. The van der Waals surface area contributed by atoms with Crippen LogP contribution >= 0.6 is 22.6 Å². The van der Waals surface area contributed by atoms with Crippen molar-refractivity contribution in [3.05, 3.63) is 25.4 Å². The molecule has 1 N–H and O–H groups in total. The molecule has 1 saturated heterocycles. The van der Waals surface area contributed by atoms with Crippen molar-refractivity contribution in [1.29, 1.82) is 0 Å². The van der Waals surface area contributed by atoms with Crippen LogP contribution in [0.15, 0.2) is 4.79 Å². The fourth-order valence-electron chi connectivity index (χ4n) is 2.77. The van der Waals surface area contributed by atoms with Crippen LogP contribution in [0, 0.1) is 9.49 Å². The van der Waals surface area contributed by atoms with E-state index in [2.05, 4.69) is 65.3 Å². The molecule has 2 heterocycles. The van der Waals surface area contributed by atoms with Gasteiger partial charge in [-0.25, -0.2) is 4.98 Å². The fraction of sp³-hybridized carbons (Fsp3) is 0.733. The second kappa shape index (κ2) is 7.19. The van der Waals surface area contributed by atoms with E-state index in [1.807, 2.05) is 0 Å². The van der Waals surface area contributed by atoms with E-state index in [1.165, 1.54) is 0 Å². The van der Waals surface area contributed by atoms with Crippen LogP contribution < -0.4 is 5.56 Å². The average Bonchev–Trinajstić information content (AvgIpc) is 2.56. The second-order valence-corrected chi connectivity index (χ2v) is 7.50. The molecular weight excluding hydrogens is 379 g/mol. The minimum Gasteiger partial charge on any atom is -0.308 e. The van der Waals surface area contributed by atoms with Crippen LogP contribution in [-0.4, -0.2) is 53.5 Å². The van der Waals surface area contributed by atoms with Crippen molar-refractivity contribution in [2.45, 2.75) is 32.7 Å². The van der Waals surface area contributed by atoms with E-state index in [-0.39, 0.29) is 11.6 Å². The van der Waals surface area contributed by atoms with Gasteiger partial charge in [0.15, 0.2) is 0 Å². The lowest BCUT2D eigenvalue weighted by molar-refractivity contribution is 0.218. The Labute approximate surface area is 140 Å². The van der Waals surface area contributed by atoms with Crippen LogP contribution in [0.3, 0.4) is 0 Å². The highest BCUT2D eigenvalue weighted by atomic mass is 127. The predicted octanol–water partition coefficient (Wildman–Crippen LogP) is 1.88. The van der Waals surface area contributed by atoms with Crippen molar-refractivity contribution in [3.63, 3.8) is 0 Å². The molecule has 0 aromatic carbocycles. The number of halogens is 1. The second-order valence-electron chi connectivity index (χ2n) is 6.42. The smallest absolute Gasteiger partial charge is 0.264 e. The Hall–Kier alpha value is -0.470. The molecule has 1 aromatic heterocycles. The van der Waals surface area contributed by atoms with Crippen molar-refractivity contribution >= 4 is 22.6 Å². The van der Waals surface area contributed by atoms with Gasteiger partial charge in [0.1, 0.15) is 5.82 Å². The number of hydrogen-bond acceptors (Lipinski definition) is 4. The number of nitrogens with one attached hydrogen (secondary N) is 1. The van der Waals surface area contributed by atoms with Gasteiger partial charge in [-0.1, -0.05) is 13.8 Å². The first-order chi connectivity index (χ1) is 9.88. The predicted molar refractivity (Wildman–Crippen MR) is 93.6 cm³/mol. The van der Waals surface area contributed by atoms with Gasteiger partial charge >= 0.3 is 0 Å². The van der Waals surface area contributed by atoms with Crippen LogP contribution in [-0.2, 0) is 6.42 Å². The number of aromatic amines is 1. The molecule has 1 fully saturated rings. The monoisotopic (exact) mass is 404 g/mol. The Bertz CT molecular complexity index is 543. The first-order valence-electron chi connectivity index (χ1n) is 7.56. The van der Waals surface area contributed by atoms with Gasteiger partial charge in [-0.15, -0.1) is 0 Å². The molecule has 0 amide bonds. The minimum atomic E-state index is -0.00319. The molecule has 0 saturated carbocycles. The van der Waals surface area contributed by atoms with E-state index >= 15 is 0 Å². The van der Waals surface area contributed by atoms with E-state index < -0.39 is 0 Å². The third-order valence-electron chi connectivity index (χ3n) is 3.93. The number of likely N-dealkylation sites (N-methyl/N-ethyl adjacent to an activating group) is 2. The summed E-state index contributed by atoms with van der Waals surface area (Å²) >= 11 is 2.11. The van der Waals surface area contributed by atoms with Crippen molar-refractivity contribution < 1.29 is 0 Å². The zero-order chi connectivity index (χ0) is 15.6. The molecule has 1 atom stereocenters. The van der Waals surface area contributed by atoms with Gasteiger partial charge in [0.25, 0.3) is 5.56 Å². The Kier molecular flexibility index (Phi) is 5.79. The summed E-state index contributed by atoms with van der Waals surface area (Å²) in [6.07, 6.45) is 2.00. The van der Waals surface area contributed by atoms with Crippen molar-refractivity contribution in [2.75, 3.05) is 33.7 Å². The average molecular weight is 404 g/mol. The van der Waals surface area contributed by atoms with Gasteiger partial charge in [-0.3, -0.25) is 9.69 Å². The highest BCUT2D eigenvalue weighted by Gasteiger charge is 2.25. The Morgan fingerprint density at radius 1 is 1.38 bits per heavy atom. The summed E-state index contributed by atoms with van der Waals surface area (Å²) in [5.41, 5.74) is 0.932. The largest absolute Gasteiger partial charge is 0.308 e. The molecule has 0 bridgehead atoms. The maximum Gasteiger partial charge on any atom is 0.264 e. The Balaban J connectivity index is 2.37. The zero-order valence-electron chi connectivity index (χ0n) is 13.3. The van der Waals surface area contributed by atoms with Crippen LogP contribution in [0.25, 0.3) is 0 Å². The first-order valence-corrected chi connectivity index (χ1v) is 8.63. The summed E-state index contributed by atoms with van der Waals surface area (Å²) in [6.45, 7) is 7.34. The normalized spacial score (nSPS) is 21.7. The molecule has 1 aromatic rings. The summed E-state index contributed by atoms with van der Waals surface area (Å²) in [5.74, 6) is 1.31. The molecular formula is C15H25IN4O. The molecule has 1 aliphatic rings. The molecule has 1 unspecified atom stereocenters. The van der Waals surface area contributed by atoms with Crippen LogP contribution in [0.2, 0.25) is 0 Å². The number of hydrogen-bond donors (Lipinski definition) is 1. The molecule has 1 aliphatic heterocycles. The van der Waals surface area contributed by atoms with E-state index in [9.17, 15) is 4.79 Å². The van der Waals surface area contributed by atoms with Crippen molar-refractivity contribution in [1.82, 2.24) is 19.8 Å². The van der Waals surface area contributed by atoms with Crippen LogP contribution in [0.4, 0.5) is 0 Å². The number of nitrogens with zero attached hydrogens (tertiary/aromatic N) is 3. The highest BCUT2D eigenvalue weighted by molar-refractivity contribution is 14.1. The summed E-state index contributed by atoms with van der Waals surface area (Å²) in [4.78, 5) is 24.6. The number of rotatable bonds is 3. The molecule has 2 rings (SSSR count). The molecule has 0 radical (unpaired) electrons. The first kappa shape index (κ1) is 16.9. The minimum absolute atomic E-state index is 0.00319. The summed E-state index contributed by atoms with van der Waals surface area (Å²) in [5, 5.41) is 0. The standard InChI is InChI=1S/C15H25IN4O/c1-10(2)8-11-13(16)15(21)18-14(17-11)12-9-19(3)6-5-7-20(12)4/h10,12H,5-9H2,1-4H3,(H,17,18,21). The van der Waals surface area contributed by atoms with Gasteiger partial charge < -0.3 is 9.88 Å². The topological polar surface area (TPSA) is 52.2 Å². The van der Waals surface area contributed by atoms with E-state index in [4.69, 9.17) is 4.98 Å². The molecule has 118 valence electrons. The fourth-order valence-corrected chi connectivity index (χ4v) is 3.25.